The van der Waals surface area contributed by atoms with Crippen molar-refractivity contribution in [2.24, 2.45) is 0 Å². The van der Waals surface area contributed by atoms with Gasteiger partial charge in [0, 0.05) is 18.7 Å². The number of anilines is 1. The van der Waals surface area contributed by atoms with Crippen molar-refractivity contribution in [3.8, 4) is 0 Å². The number of hydrogen-bond donors (Lipinski definition) is 0. The van der Waals surface area contributed by atoms with Gasteiger partial charge in [0.05, 0.1) is 21.4 Å². The molecule has 1 aliphatic rings. The van der Waals surface area contributed by atoms with Crippen LogP contribution in [-0.4, -0.2) is 22.4 Å². The molecule has 21 heavy (non-hydrogen) atoms. The fourth-order valence-corrected chi connectivity index (χ4v) is 3.78. The minimum Gasteiger partial charge on any atom is -0.310 e. The summed E-state index contributed by atoms with van der Waals surface area (Å²) >= 11 is 0. The lowest BCUT2D eigenvalue weighted by molar-refractivity contribution is -0.118. The van der Waals surface area contributed by atoms with Crippen LogP contribution in [0.4, 0.5) is 5.69 Å². The van der Waals surface area contributed by atoms with Gasteiger partial charge in [0.2, 0.25) is 5.91 Å². The first kappa shape index (κ1) is 14.0. The molecule has 0 aliphatic carbocycles. The van der Waals surface area contributed by atoms with Crippen LogP contribution in [-0.2, 0) is 22.0 Å². The third kappa shape index (κ3) is 3.05. The van der Waals surface area contributed by atoms with Crippen molar-refractivity contribution in [3.63, 3.8) is 0 Å². The number of nitrogens with zero attached hydrogens (tertiary/aromatic N) is 1. The summed E-state index contributed by atoms with van der Waals surface area (Å²) in [4.78, 5) is 15.0. The van der Waals surface area contributed by atoms with Crippen molar-refractivity contribution in [2.75, 3.05) is 17.2 Å². The second kappa shape index (κ2) is 6.22. The zero-order chi connectivity index (χ0) is 14.7. The lowest BCUT2D eigenvalue weighted by Gasteiger charge is -2.29. The molecular formula is C17H17NO2S. The van der Waals surface area contributed by atoms with Crippen molar-refractivity contribution in [3.05, 3.63) is 60.2 Å². The van der Waals surface area contributed by atoms with E-state index in [0.29, 0.717) is 18.7 Å². The molecule has 1 aliphatic heterocycles. The molecular weight excluding hydrogens is 282 g/mol. The molecule has 108 valence electrons. The Balaban J connectivity index is 1.74. The van der Waals surface area contributed by atoms with Crippen LogP contribution in [0.1, 0.15) is 12.0 Å². The van der Waals surface area contributed by atoms with Crippen molar-refractivity contribution in [1.82, 2.24) is 0 Å². The van der Waals surface area contributed by atoms with Gasteiger partial charge < -0.3 is 4.90 Å². The summed E-state index contributed by atoms with van der Waals surface area (Å²) in [6.07, 6.45) is 1.21. The molecule has 0 aromatic heterocycles. The van der Waals surface area contributed by atoms with Crippen LogP contribution in [0.25, 0.3) is 0 Å². The Morgan fingerprint density at radius 1 is 1.05 bits per heavy atom. The molecule has 4 heteroatoms. The van der Waals surface area contributed by atoms with Gasteiger partial charge in [-0.2, -0.15) is 0 Å². The maximum Gasteiger partial charge on any atom is 0.227 e. The van der Waals surface area contributed by atoms with Crippen molar-refractivity contribution in [1.29, 1.82) is 0 Å². The molecule has 0 saturated heterocycles. The van der Waals surface area contributed by atoms with Gasteiger partial charge in [0.25, 0.3) is 0 Å². The molecule has 0 N–H and O–H groups in total. The fraction of sp³-hybridized carbons (Fsp3) is 0.235. The molecule has 1 atom stereocenters. The molecule has 0 saturated carbocycles. The monoisotopic (exact) mass is 299 g/mol. The van der Waals surface area contributed by atoms with Crippen LogP contribution < -0.4 is 4.90 Å². The topological polar surface area (TPSA) is 37.4 Å². The highest BCUT2D eigenvalue weighted by Gasteiger charge is 2.25. The summed E-state index contributed by atoms with van der Waals surface area (Å²) in [5, 5.41) is 0. The third-order valence-corrected chi connectivity index (χ3v) is 5.06. The maximum absolute atomic E-state index is 12.5. The van der Waals surface area contributed by atoms with E-state index in [1.807, 2.05) is 54.6 Å². The molecule has 2 aromatic rings. The first-order valence-corrected chi connectivity index (χ1v) is 8.39. The average Bonchev–Trinajstić information content (AvgIpc) is 2.54. The van der Waals surface area contributed by atoms with Gasteiger partial charge in [-0.3, -0.25) is 9.00 Å². The van der Waals surface area contributed by atoms with Crippen LogP contribution in [0.5, 0.6) is 0 Å². The van der Waals surface area contributed by atoms with Gasteiger partial charge in [0.15, 0.2) is 0 Å². The predicted octanol–water partition coefficient (Wildman–Crippen LogP) is 2.77. The number of rotatable bonds is 3. The van der Waals surface area contributed by atoms with E-state index in [9.17, 15) is 9.00 Å². The molecule has 0 fully saturated rings. The van der Waals surface area contributed by atoms with Crippen molar-refractivity contribution < 1.29 is 9.00 Å². The van der Waals surface area contributed by atoms with E-state index in [0.717, 1.165) is 17.0 Å². The minimum absolute atomic E-state index is 0.100. The molecule has 1 heterocycles. The zero-order valence-corrected chi connectivity index (χ0v) is 12.5. The van der Waals surface area contributed by atoms with E-state index in [1.165, 1.54) is 5.56 Å². The van der Waals surface area contributed by atoms with Crippen LogP contribution in [0, 0.1) is 0 Å². The largest absolute Gasteiger partial charge is 0.310 e. The van der Waals surface area contributed by atoms with Crippen LogP contribution in [0.15, 0.2) is 59.5 Å². The standard InChI is InChI=1S/C17H17NO2S/c19-17(11-10-14-6-2-1-3-7-14)18-12-13-21(20)16-9-5-4-8-15(16)18/h1-9H,10-13H2. The van der Waals surface area contributed by atoms with Crippen molar-refractivity contribution in [2.45, 2.75) is 17.7 Å². The Labute approximate surface area is 127 Å². The number of carbonyl (C=O) groups is 1. The molecule has 0 bridgehead atoms. The quantitative estimate of drug-likeness (QED) is 0.874. The minimum atomic E-state index is -0.986. The normalized spacial score (nSPS) is 17.3. The fourth-order valence-electron chi connectivity index (χ4n) is 2.57. The number of fused-ring (bicyclic) bond motifs is 1. The molecule has 0 radical (unpaired) electrons. The summed E-state index contributed by atoms with van der Waals surface area (Å²) in [7, 11) is -0.986. The summed E-state index contributed by atoms with van der Waals surface area (Å²) in [6, 6.07) is 17.5. The van der Waals surface area contributed by atoms with E-state index in [-0.39, 0.29) is 5.91 Å². The Bertz CT molecular complexity index is 670. The van der Waals surface area contributed by atoms with Gasteiger partial charge in [-0.1, -0.05) is 42.5 Å². The highest BCUT2D eigenvalue weighted by atomic mass is 32.2. The molecule has 3 rings (SSSR count). The summed E-state index contributed by atoms with van der Waals surface area (Å²) < 4.78 is 12.0. The highest BCUT2D eigenvalue weighted by molar-refractivity contribution is 7.85. The van der Waals surface area contributed by atoms with E-state index < -0.39 is 10.8 Å². The number of hydrogen-bond acceptors (Lipinski definition) is 2. The second-order valence-corrected chi connectivity index (χ2v) is 6.59. The van der Waals surface area contributed by atoms with E-state index in [1.54, 1.807) is 4.90 Å². The van der Waals surface area contributed by atoms with Gasteiger partial charge >= 0.3 is 0 Å². The molecule has 1 amide bonds. The second-order valence-electron chi connectivity index (χ2n) is 5.05. The third-order valence-electron chi connectivity index (χ3n) is 3.67. The Hall–Kier alpha value is -1.94. The Morgan fingerprint density at radius 3 is 2.57 bits per heavy atom. The molecule has 0 spiro atoms. The van der Waals surface area contributed by atoms with E-state index >= 15 is 0 Å². The first-order chi connectivity index (χ1) is 10.3. The predicted molar refractivity (Wildman–Crippen MR) is 84.8 cm³/mol. The van der Waals surface area contributed by atoms with Gasteiger partial charge in [-0.25, -0.2) is 0 Å². The van der Waals surface area contributed by atoms with Gasteiger partial charge in [-0.15, -0.1) is 0 Å². The summed E-state index contributed by atoms with van der Waals surface area (Å²) in [5.41, 5.74) is 1.97. The SMILES string of the molecule is O=C(CCc1ccccc1)N1CCS(=O)c2ccccc21. The molecule has 1 unspecified atom stereocenters. The Morgan fingerprint density at radius 2 is 1.76 bits per heavy atom. The summed E-state index contributed by atoms with van der Waals surface area (Å²) in [6.45, 7) is 0.539. The Kier molecular flexibility index (Phi) is 4.15. The number of carbonyl (C=O) groups excluding carboxylic acids is 1. The van der Waals surface area contributed by atoms with Crippen LogP contribution in [0.3, 0.4) is 0 Å². The van der Waals surface area contributed by atoms with Crippen LogP contribution in [0.2, 0.25) is 0 Å². The summed E-state index contributed by atoms with van der Waals surface area (Å²) in [5.74, 6) is 0.622. The number of para-hydroxylation sites is 1. The smallest absolute Gasteiger partial charge is 0.227 e. The first-order valence-electron chi connectivity index (χ1n) is 7.07. The average molecular weight is 299 g/mol. The van der Waals surface area contributed by atoms with E-state index in [2.05, 4.69) is 0 Å². The number of amides is 1. The maximum atomic E-state index is 12.5. The van der Waals surface area contributed by atoms with Crippen LogP contribution >= 0.6 is 0 Å². The lowest BCUT2D eigenvalue weighted by Crippen LogP contribution is -2.38. The molecule has 3 nitrogen and oxygen atoms in total. The van der Waals surface area contributed by atoms with Crippen molar-refractivity contribution >= 4 is 22.4 Å². The number of aryl methyl sites for hydroxylation is 1. The zero-order valence-electron chi connectivity index (χ0n) is 11.7. The lowest BCUT2D eigenvalue weighted by atomic mass is 10.1. The highest BCUT2D eigenvalue weighted by Crippen LogP contribution is 2.28. The van der Waals surface area contributed by atoms with Gasteiger partial charge in [-0.05, 0) is 24.1 Å². The van der Waals surface area contributed by atoms with Gasteiger partial charge in [0.1, 0.15) is 0 Å². The van der Waals surface area contributed by atoms with E-state index in [4.69, 9.17) is 0 Å². The molecule has 2 aromatic carbocycles. The number of benzene rings is 2.